The number of halogens is 1. The molecule has 0 saturated carbocycles. The van der Waals surface area contributed by atoms with Gasteiger partial charge in [-0.1, -0.05) is 12.1 Å². The lowest BCUT2D eigenvalue weighted by Gasteiger charge is -2.32. The van der Waals surface area contributed by atoms with Crippen molar-refractivity contribution in [2.75, 3.05) is 7.11 Å². The first kappa shape index (κ1) is 14.5. The van der Waals surface area contributed by atoms with Crippen LogP contribution in [0.3, 0.4) is 0 Å². The van der Waals surface area contributed by atoms with Gasteiger partial charge in [0.2, 0.25) is 0 Å². The molecule has 1 aliphatic heterocycles. The summed E-state index contributed by atoms with van der Waals surface area (Å²) in [6.07, 6.45) is 0. The van der Waals surface area contributed by atoms with E-state index in [1.807, 2.05) is 33.8 Å². The molecule has 1 fully saturated rings. The van der Waals surface area contributed by atoms with E-state index in [9.17, 15) is 4.39 Å². The molecule has 0 aliphatic carbocycles. The summed E-state index contributed by atoms with van der Waals surface area (Å²) in [4.78, 5) is 0. The molecule has 1 aliphatic rings. The van der Waals surface area contributed by atoms with E-state index in [4.69, 9.17) is 14.0 Å². The van der Waals surface area contributed by atoms with Gasteiger partial charge in [-0.05, 0) is 39.3 Å². The minimum atomic E-state index is -0.665. The molecule has 0 spiro atoms. The summed E-state index contributed by atoms with van der Waals surface area (Å²) in [7, 11) is 0.918. The number of rotatable bonds is 3. The number of hydrogen-bond acceptors (Lipinski definition) is 3. The first-order chi connectivity index (χ1) is 8.77. The number of methoxy groups -OCH3 is 1. The Labute approximate surface area is 114 Å². The summed E-state index contributed by atoms with van der Waals surface area (Å²) in [6.45, 7) is 8.18. The molecule has 1 aromatic carbocycles. The Balaban J connectivity index is 2.25. The summed E-state index contributed by atoms with van der Waals surface area (Å²) in [5, 5.41) is 0. The van der Waals surface area contributed by atoms with Crippen LogP contribution in [-0.2, 0) is 20.7 Å². The summed E-state index contributed by atoms with van der Waals surface area (Å²) in [5.41, 5.74) is 0.295. The quantitative estimate of drug-likeness (QED) is 0.785. The van der Waals surface area contributed by atoms with Gasteiger partial charge in [0.05, 0.1) is 17.8 Å². The van der Waals surface area contributed by atoms with E-state index in [1.165, 1.54) is 6.07 Å². The van der Waals surface area contributed by atoms with Crippen molar-refractivity contribution in [2.45, 2.75) is 45.5 Å². The highest BCUT2D eigenvalue weighted by Crippen LogP contribution is 2.36. The van der Waals surface area contributed by atoms with E-state index in [-0.39, 0.29) is 5.82 Å². The largest absolute Gasteiger partial charge is 0.497 e. The lowest BCUT2D eigenvalue weighted by Crippen LogP contribution is -2.41. The minimum absolute atomic E-state index is 0.326. The van der Waals surface area contributed by atoms with Gasteiger partial charge < -0.3 is 14.0 Å². The highest BCUT2D eigenvalue weighted by Gasteiger charge is 2.52. The fourth-order valence-electron chi connectivity index (χ4n) is 1.99. The second kappa shape index (κ2) is 4.89. The molecular formula is C14H20BFO3. The first-order valence-corrected chi connectivity index (χ1v) is 6.40. The molecule has 0 bridgehead atoms. The van der Waals surface area contributed by atoms with Crippen LogP contribution >= 0.6 is 0 Å². The van der Waals surface area contributed by atoms with Crippen molar-refractivity contribution in [3.05, 3.63) is 29.6 Å². The Morgan fingerprint density at radius 3 is 2.21 bits per heavy atom. The van der Waals surface area contributed by atoms with Crippen LogP contribution in [0.2, 0.25) is 0 Å². The van der Waals surface area contributed by atoms with Gasteiger partial charge in [0, 0.05) is 12.6 Å². The molecule has 0 amide bonds. The average molecular weight is 266 g/mol. The van der Waals surface area contributed by atoms with Crippen LogP contribution in [0.5, 0.6) is 0 Å². The number of benzene rings is 1. The zero-order chi connectivity index (χ0) is 14.3. The van der Waals surface area contributed by atoms with Gasteiger partial charge in [0.1, 0.15) is 5.82 Å². The van der Waals surface area contributed by atoms with Crippen molar-refractivity contribution in [3.8, 4) is 0 Å². The van der Waals surface area contributed by atoms with Gasteiger partial charge in [-0.25, -0.2) is 4.39 Å². The average Bonchev–Trinajstić information content (AvgIpc) is 2.48. The van der Waals surface area contributed by atoms with Crippen LogP contribution in [0, 0.1) is 5.82 Å². The molecule has 1 aromatic rings. The topological polar surface area (TPSA) is 27.7 Å². The molecule has 0 N–H and O–H groups in total. The van der Waals surface area contributed by atoms with Crippen molar-refractivity contribution in [1.82, 2.24) is 0 Å². The van der Waals surface area contributed by atoms with E-state index in [1.54, 1.807) is 13.2 Å². The van der Waals surface area contributed by atoms with Gasteiger partial charge in [0.25, 0.3) is 0 Å². The van der Waals surface area contributed by atoms with Crippen molar-refractivity contribution in [3.63, 3.8) is 0 Å². The molecule has 19 heavy (non-hydrogen) atoms. The van der Waals surface area contributed by atoms with Crippen LogP contribution in [-0.4, -0.2) is 25.4 Å². The number of ether oxygens (including phenoxy) is 1. The highest BCUT2D eigenvalue weighted by atomic mass is 19.1. The second-order valence-electron chi connectivity index (χ2n) is 5.88. The Hall–Kier alpha value is -0.905. The van der Waals surface area contributed by atoms with Gasteiger partial charge >= 0.3 is 7.12 Å². The van der Waals surface area contributed by atoms with Crippen LogP contribution in [0.4, 0.5) is 4.39 Å². The van der Waals surface area contributed by atoms with Gasteiger partial charge in [-0.3, -0.25) is 0 Å². The van der Waals surface area contributed by atoms with E-state index >= 15 is 0 Å². The molecule has 104 valence electrons. The summed E-state index contributed by atoms with van der Waals surface area (Å²) in [5.74, 6) is -0.326. The lowest BCUT2D eigenvalue weighted by molar-refractivity contribution is 0.00578. The van der Waals surface area contributed by atoms with Crippen LogP contribution in [0.1, 0.15) is 33.3 Å². The van der Waals surface area contributed by atoms with Crippen molar-refractivity contribution in [1.29, 1.82) is 0 Å². The lowest BCUT2D eigenvalue weighted by atomic mass is 9.78. The fourth-order valence-corrected chi connectivity index (χ4v) is 1.99. The fraction of sp³-hybridized carbons (Fsp3) is 0.571. The van der Waals surface area contributed by atoms with Crippen LogP contribution in [0.15, 0.2) is 18.2 Å². The van der Waals surface area contributed by atoms with Gasteiger partial charge in [-0.2, -0.15) is 0 Å². The predicted octanol–water partition coefficient (Wildman–Crippen LogP) is 2.27. The zero-order valence-corrected chi connectivity index (χ0v) is 12.1. The molecule has 2 rings (SSSR count). The van der Waals surface area contributed by atoms with Gasteiger partial charge in [0.15, 0.2) is 0 Å². The third-order valence-electron chi connectivity index (χ3n) is 3.88. The molecule has 1 saturated heterocycles. The Morgan fingerprint density at radius 1 is 1.16 bits per heavy atom. The van der Waals surface area contributed by atoms with Crippen LogP contribution < -0.4 is 5.46 Å². The molecule has 0 atom stereocenters. The van der Waals surface area contributed by atoms with E-state index in [0.717, 1.165) is 5.56 Å². The van der Waals surface area contributed by atoms with E-state index in [2.05, 4.69) is 0 Å². The maximum absolute atomic E-state index is 14.1. The van der Waals surface area contributed by atoms with Crippen molar-refractivity contribution < 1.29 is 18.4 Å². The third kappa shape index (κ3) is 2.68. The molecular weight excluding hydrogens is 246 g/mol. The summed E-state index contributed by atoms with van der Waals surface area (Å²) < 4.78 is 30.8. The van der Waals surface area contributed by atoms with E-state index in [0.29, 0.717) is 12.1 Å². The molecule has 0 radical (unpaired) electrons. The summed E-state index contributed by atoms with van der Waals surface area (Å²) in [6, 6.07) is 4.99. The standard InChI is InChI=1S/C14H20BFO3/c1-13(2)14(3,4)19-15(18-13)11-7-6-10(9-17-5)8-12(11)16/h6-8H,9H2,1-5H3. The van der Waals surface area contributed by atoms with Crippen molar-refractivity contribution >= 4 is 12.6 Å². The van der Waals surface area contributed by atoms with Crippen molar-refractivity contribution in [2.24, 2.45) is 0 Å². The second-order valence-corrected chi connectivity index (χ2v) is 5.88. The Kier molecular flexibility index (Phi) is 3.73. The zero-order valence-electron chi connectivity index (χ0n) is 12.1. The molecule has 1 heterocycles. The third-order valence-corrected chi connectivity index (χ3v) is 3.88. The molecule has 3 nitrogen and oxygen atoms in total. The molecule has 0 unspecified atom stereocenters. The monoisotopic (exact) mass is 266 g/mol. The predicted molar refractivity (Wildman–Crippen MR) is 72.8 cm³/mol. The Morgan fingerprint density at radius 2 is 1.74 bits per heavy atom. The number of hydrogen-bond donors (Lipinski definition) is 0. The first-order valence-electron chi connectivity index (χ1n) is 6.40. The smallest absolute Gasteiger partial charge is 0.399 e. The van der Waals surface area contributed by atoms with E-state index < -0.39 is 18.3 Å². The maximum atomic E-state index is 14.1. The summed E-state index contributed by atoms with van der Waals surface area (Å²) >= 11 is 0. The highest BCUT2D eigenvalue weighted by molar-refractivity contribution is 6.62. The maximum Gasteiger partial charge on any atom is 0.497 e. The van der Waals surface area contributed by atoms with Gasteiger partial charge in [-0.15, -0.1) is 0 Å². The normalized spacial score (nSPS) is 20.8. The molecule has 0 aromatic heterocycles. The minimum Gasteiger partial charge on any atom is -0.399 e. The Bertz CT molecular complexity index is 458. The van der Waals surface area contributed by atoms with Crippen LogP contribution in [0.25, 0.3) is 0 Å². The SMILES string of the molecule is COCc1ccc(B2OC(C)(C)C(C)(C)O2)c(F)c1. The molecule has 5 heteroatoms.